The minimum absolute atomic E-state index is 0.103. The lowest BCUT2D eigenvalue weighted by Gasteiger charge is -2.13. The zero-order valence-corrected chi connectivity index (χ0v) is 16.2. The molecule has 0 fully saturated rings. The minimum Gasteiger partial charge on any atom is -0.356 e. The summed E-state index contributed by atoms with van der Waals surface area (Å²) in [4.78, 5) is 15.8. The van der Waals surface area contributed by atoms with Crippen molar-refractivity contribution in [3.63, 3.8) is 0 Å². The lowest BCUT2D eigenvalue weighted by Crippen LogP contribution is -2.39. The third kappa shape index (κ3) is 6.25. The molecule has 0 saturated heterocycles. The monoisotopic (exact) mass is 390 g/mol. The van der Waals surface area contributed by atoms with Crippen LogP contribution in [0.3, 0.4) is 0 Å². The van der Waals surface area contributed by atoms with Crippen molar-refractivity contribution in [2.45, 2.75) is 12.8 Å². The number of rotatable bonds is 7. The van der Waals surface area contributed by atoms with Crippen molar-refractivity contribution in [2.75, 3.05) is 27.2 Å². The fourth-order valence-corrected chi connectivity index (χ4v) is 2.89. The van der Waals surface area contributed by atoms with E-state index in [1.165, 1.54) is 6.07 Å². The van der Waals surface area contributed by atoms with Gasteiger partial charge in [-0.1, -0.05) is 29.8 Å². The molecular formula is C20H24ClFN4O. The van der Waals surface area contributed by atoms with E-state index in [0.29, 0.717) is 41.6 Å². The summed E-state index contributed by atoms with van der Waals surface area (Å²) in [6.45, 7) is 1.16. The molecule has 0 heterocycles. The molecule has 0 saturated carbocycles. The molecular weight excluding hydrogens is 367 g/mol. The highest BCUT2D eigenvalue weighted by Gasteiger charge is 2.07. The van der Waals surface area contributed by atoms with Gasteiger partial charge in [-0.25, -0.2) is 4.39 Å². The zero-order valence-electron chi connectivity index (χ0n) is 15.5. The quantitative estimate of drug-likeness (QED) is 0.503. The number of carbonyl (C=O) groups is 1. The summed E-state index contributed by atoms with van der Waals surface area (Å²) >= 11 is 6.03. The smallest absolute Gasteiger partial charge is 0.251 e. The molecule has 144 valence electrons. The molecule has 1 amide bonds. The Hall–Kier alpha value is -2.60. The third-order valence-electron chi connectivity index (χ3n) is 4.08. The largest absolute Gasteiger partial charge is 0.356 e. The molecule has 2 aromatic carbocycles. The maximum absolute atomic E-state index is 13.8. The van der Waals surface area contributed by atoms with Crippen LogP contribution in [0.25, 0.3) is 0 Å². The minimum atomic E-state index is -0.303. The molecule has 3 N–H and O–H groups in total. The SMILES string of the molecule is CN=C(NCCc1cccc(C(=O)NC)c1)NCCc1c(F)cccc1Cl. The first kappa shape index (κ1) is 20.7. The normalized spacial score (nSPS) is 11.2. The number of hydrogen-bond acceptors (Lipinski definition) is 2. The van der Waals surface area contributed by atoms with Gasteiger partial charge >= 0.3 is 0 Å². The van der Waals surface area contributed by atoms with Crippen molar-refractivity contribution in [1.82, 2.24) is 16.0 Å². The summed E-state index contributed by atoms with van der Waals surface area (Å²) in [5.41, 5.74) is 2.18. The number of halogens is 2. The van der Waals surface area contributed by atoms with Crippen molar-refractivity contribution in [2.24, 2.45) is 4.99 Å². The van der Waals surface area contributed by atoms with Crippen molar-refractivity contribution in [3.05, 3.63) is 70.0 Å². The van der Waals surface area contributed by atoms with Gasteiger partial charge in [0.1, 0.15) is 5.82 Å². The topological polar surface area (TPSA) is 65.5 Å². The molecule has 5 nitrogen and oxygen atoms in total. The second-order valence-corrected chi connectivity index (χ2v) is 6.31. The number of nitrogens with zero attached hydrogens (tertiary/aromatic N) is 1. The summed E-state index contributed by atoms with van der Waals surface area (Å²) < 4.78 is 13.8. The maximum Gasteiger partial charge on any atom is 0.251 e. The van der Waals surface area contributed by atoms with Crippen LogP contribution in [0.2, 0.25) is 5.02 Å². The summed E-state index contributed by atoms with van der Waals surface area (Å²) in [6, 6.07) is 12.2. The van der Waals surface area contributed by atoms with Gasteiger partial charge in [-0.3, -0.25) is 9.79 Å². The van der Waals surface area contributed by atoms with Gasteiger partial charge in [0.05, 0.1) is 0 Å². The fourth-order valence-electron chi connectivity index (χ4n) is 2.64. The van der Waals surface area contributed by atoms with E-state index < -0.39 is 0 Å². The zero-order chi connectivity index (χ0) is 19.6. The van der Waals surface area contributed by atoms with Crippen LogP contribution in [0.4, 0.5) is 4.39 Å². The Morgan fingerprint density at radius 1 is 1.11 bits per heavy atom. The number of amides is 1. The molecule has 0 unspecified atom stereocenters. The standard InChI is InChI=1S/C20H24ClFN4O/c1-23-19(27)15-6-3-5-14(13-15)9-11-25-20(24-2)26-12-10-16-17(21)7-4-8-18(16)22/h3-8,13H,9-12H2,1-2H3,(H,23,27)(H2,24,25,26). The van der Waals surface area contributed by atoms with Crippen molar-refractivity contribution in [1.29, 1.82) is 0 Å². The van der Waals surface area contributed by atoms with Crippen molar-refractivity contribution < 1.29 is 9.18 Å². The Kier molecular flexibility index (Phi) is 8.07. The third-order valence-corrected chi connectivity index (χ3v) is 4.43. The molecule has 2 rings (SSSR count). The first-order chi connectivity index (χ1) is 13.0. The van der Waals surface area contributed by atoms with Gasteiger partial charge in [0.25, 0.3) is 5.91 Å². The van der Waals surface area contributed by atoms with E-state index in [9.17, 15) is 9.18 Å². The van der Waals surface area contributed by atoms with Crippen LogP contribution in [-0.2, 0) is 12.8 Å². The van der Waals surface area contributed by atoms with E-state index in [1.54, 1.807) is 32.3 Å². The number of aliphatic imine (C=N–C) groups is 1. The van der Waals surface area contributed by atoms with Crippen LogP contribution in [-0.4, -0.2) is 39.1 Å². The van der Waals surface area contributed by atoms with Gasteiger partial charge in [-0.15, -0.1) is 0 Å². The van der Waals surface area contributed by atoms with Crippen LogP contribution in [0.15, 0.2) is 47.5 Å². The Morgan fingerprint density at radius 3 is 2.48 bits per heavy atom. The van der Waals surface area contributed by atoms with Gasteiger partial charge in [-0.2, -0.15) is 0 Å². The molecule has 0 atom stereocenters. The second kappa shape index (κ2) is 10.5. The Morgan fingerprint density at radius 2 is 1.81 bits per heavy atom. The molecule has 0 spiro atoms. The molecule has 0 aliphatic rings. The fraction of sp³-hybridized carbons (Fsp3) is 0.300. The van der Waals surface area contributed by atoms with E-state index >= 15 is 0 Å². The van der Waals surface area contributed by atoms with Crippen LogP contribution in [0, 0.1) is 5.82 Å². The van der Waals surface area contributed by atoms with Crippen LogP contribution < -0.4 is 16.0 Å². The van der Waals surface area contributed by atoms with Gasteiger partial charge in [0.15, 0.2) is 5.96 Å². The van der Waals surface area contributed by atoms with Crippen molar-refractivity contribution >= 4 is 23.5 Å². The second-order valence-electron chi connectivity index (χ2n) is 5.91. The highest BCUT2D eigenvalue weighted by Crippen LogP contribution is 2.18. The number of guanidine groups is 1. The van der Waals surface area contributed by atoms with Gasteiger partial charge in [0, 0.05) is 43.3 Å². The van der Waals surface area contributed by atoms with Crippen molar-refractivity contribution in [3.8, 4) is 0 Å². The molecule has 2 aromatic rings. The number of nitrogens with one attached hydrogen (secondary N) is 3. The van der Waals surface area contributed by atoms with E-state index in [1.807, 2.05) is 18.2 Å². The van der Waals surface area contributed by atoms with E-state index in [2.05, 4.69) is 20.9 Å². The predicted octanol–water partition coefficient (Wildman–Crippen LogP) is 2.79. The van der Waals surface area contributed by atoms with E-state index in [0.717, 1.165) is 12.0 Å². The summed E-state index contributed by atoms with van der Waals surface area (Å²) in [5, 5.41) is 9.40. The van der Waals surface area contributed by atoms with Crippen LogP contribution in [0.5, 0.6) is 0 Å². The van der Waals surface area contributed by atoms with Crippen LogP contribution in [0.1, 0.15) is 21.5 Å². The average Bonchev–Trinajstić information content (AvgIpc) is 2.68. The summed E-state index contributed by atoms with van der Waals surface area (Å²) in [7, 11) is 3.29. The number of hydrogen-bond donors (Lipinski definition) is 3. The lowest BCUT2D eigenvalue weighted by atomic mass is 10.1. The predicted molar refractivity (Wildman–Crippen MR) is 108 cm³/mol. The first-order valence-corrected chi connectivity index (χ1v) is 9.11. The van der Waals surface area contributed by atoms with E-state index in [-0.39, 0.29) is 11.7 Å². The first-order valence-electron chi connectivity index (χ1n) is 8.73. The van der Waals surface area contributed by atoms with Gasteiger partial charge in [-0.05, 0) is 42.7 Å². The Balaban J connectivity index is 1.80. The summed E-state index contributed by atoms with van der Waals surface area (Å²) in [6.07, 6.45) is 1.20. The molecule has 0 aliphatic carbocycles. The molecule has 0 bridgehead atoms. The number of benzene rings is 2. The molecule has 7 heteroatoms. The van der Waals surface area contributed by atoms with E-state index in [4.69, 9.17) is 11.6 Å². The molecule has 0 aliphatic heterocycles. The lowest BCUT2D eigenvalue weighted by molar-refractivity contribution is 0.0963. The highest BCUT2D eigenvalue weighted by atomic mass is 35.5. The maximum atomic E-state index is 13.8. The van der Waals surface area contributed by atoms with Gasteiger partial charge in [0.2, 0.25) is 0 Å². The summed E-state index contributed by atoms with van der Waals surface area (Å²) in [5.74, 6) is 0.224. The number of carbonyl (C=O) groups excluding carboxylic acids is 1. The molecule has 27 heavy (non-hydrogen) atoms. The molecule has 0 aromatic heterocycles. The highest BCUT2D eigenvalue weighted by molar-refractivity contribution is 6.31. The Bertz CT molecular complexity index is 790. The van der Waals surface area contributed by atoms with Gasteiger partial charge < -0.3 is 16.0 Å². The average molecular weight is 391 g/mol. The molecule has 0 radical (unpaired) electrons. The van der Waals surface area contributed by atoms with Crippen LogP contribution >= 0.6 is 11.6 Å². The Labute approximate surface area is 164 Å².